The predicted molar refractivity (Wildman–Crippen MR) is 86.2 cm³/mol. The first-order valence-electron chi connectivity index (χ1n) is 7.88. The third-order valence-corrected chi connectivity index (χ3v) is 2.85. The van der Waals surface area contributed by atoms with Crippen molar-refractivity contribution in [1.29, 1.82) is 0 Å². The molecule has 1 aromatic rings. The first kappa shape index (κ1) is 17.8. The number of nitrogens with one attached hydrogen (secondary N) is 1. The van der Waals surface area contributed by atoms with E-state index < -0.39 is 0 Å². The molecule has 0 aliphatic carbocycles. The summed E-state index contributed by atoms with van der Waals surface area (Å²) in [6, 6.07) is 6.12. The maximum Gasteiger partial charge on any atom is 0.161 e. The molecule has 120 valence electrons. The van der Waals surface area contributed by atoms with Crippen LogP contribution in [0.5, 0.6) is 11.5 Å². The highest BCUT2D eigenvalue weighted by Crippen LogP contribution is 2.29. The highest BCUT2D eigenvalue weighted by Gasteiger charge is 2.08. The zero-order valence-corrected chi connectivity index (χ0v) is 13.8. The Labute approximate surface area is 128 Å². The van der Waals surface area contributed by atoms with Gasteiger partial charge in [0.1, 0.15) is 0 Å². The van der Waals surface area contributed by atoms with Crippen molar-refractivity contribution < 1.29 is 14.2 Å². The van der Waals surface area contributed by atoms with E-state index in [9.17, 15) is 0 Å². The van der Waals surface area contributed by atoms with Crippen molar-refractivity contribution in [3.05, 3.63) is 23.8 Å². The van der Waals surface area contributed by atoms with E-state index in [-0.39, 0.29) is 6.10 Å². The Kier molecular flexibility index (Phi) is 8.87. The van der Waals surface area contributed by atoms with Gasteiger partial charge < -0.3 is 19.5 Å². The number of benzene rings is 1. The van der Waals surface area contributed by atoms with Crippen LogP contribution in [-0.4, -0.2) is 32.5 Å². The molecule has 21 heavy (non-hydrogen) atoms. The van der Waals surface area contributed by atoms with Crippen LogP contribution in [-0.2, 0) is 11.3 Å². The second kappa shape index (κ2) is 10.5. The number of hydrogen-bond donors (Lipinski definition) is 1. The average Bonchev–Trinajstić information content (AvgIpc) is 2.45. The SMILES string of the molecule is CCOCCCNCc1ccc(OC(C)C)c(OCC)c1. The standard InChI is InChI=1S/C17H29NO3/c1-5-19-11-7-10-18-13-15-8-9-16(21-14(3)4)17(12-15)20-6-2/h8-9,12,14,18H,5-7,10-11,13H2,1-4H3. The van der Waals surface area contributed by atoms with Crippen LogP contribution < -0.4 is 14.8 Å². The number of rotatable bonds is 11. The zero-order valence-electron chi connectivity index (χ0n) is 13.8. The van der Waals surface area contributed by atoms with E-state index >= 15 is 0 Å². The van der Waals surface area contributed by atoms with Gasteiger partial charge in [-0.2, -0.15) is 0 Å². The fourth-order valence-corrected chi connectivity index (χ4v) is 1.96. The van der Waals surface area contributed by atoms with Gasteiger partial charge in [0, 0.05) is 19.8 Å². The molecule has 1 rings (SSSR count). The van der Waals surface area contributed by atoms with Gasteiger partial charge in [0.15, 0.2) is 11.5 Å². The highest BCUT2D eigenvalue weighted by atomic mass is 16.5. The van der Waals surface area contributed by atoms with E-state index in [1.165, 1.54) is 5.56 Å². The summed E-state index contributed by atoms with van der Waals surface area (Å²) in [5.74, 6) is 1.63. The molecule has 4 nitrogen and oxygen atoms in total. The van der Waals surface area contributed by atoms with Crippen LogP contribution in [0.2, 0.25) is 0 Å². The summed E-state index contributed by atoms with van der Waals surface area (Å²) in [4.78, 5) is 0. The van der Waals surface area contributed by atoms with Crippen LogP contribution in [0.3, 0.4) is 0 Å². The van der Waals surface area contributed by atoms with Crippen LogP contribution >= 0.6 is 0 Å². The van der Waals surface area contributed by atoms with Crippen LogP contribution in [0, 0.1) is 0 Å². The molecule has 1 aromatic carbocycles. The molecule has 0 aromatic heterocycles. The molecule has 0 spiro atoms. The van der Waals surface area contributed by atoms with E-state index in [1.807, 2.05) is 33.8 Å². The molecule has 1 N–H and O–H groups in total. The van der Waals surface area contributed by atoms with Crippen molar-refractivity contribution in [3.8, 4) is 11.5 Å². The zero-order chi connectivity index (χ0) is 15.5. The van der Waals surface area contributed by atoms with Crippen molar-refractivity contribution in [3.63, 3.8) is 0 Å². The van der Waals surface area contributed by atoms with E-state index in [0.29, 0.717) is 6.61 Å². The van der Waals surface area contributed by atoms with Crippen LogP contribution in [0.15, 0.2) is 18.2 Å². The molecule has 0 radical (unpaired) electrons. The minimum Gasteiger partial charge on any atom is -0.490 e. The van der Waals surface area contributed by atoms with Gasteiger partial charge in [-0.1, -0.05) is 6.07 Å². The van der Waals surface area contributed by atoms with Crippen molar-refractivity contribution in [2.45, 2.75) is 46.8 Å². The fourth-order valence-electron chi connectivity index (χ4n) is 1.96. The normalized spacial score (nSPS) is 10.9. The summed E-state index contributed by atoms with van der Waals surface area (Å²) in [6.07, 6.45) is 1.17. The largest absolute Gasteiger partial charge is 0.490 e. The molecule has 0 saturated heterocycles. The smallest absolute Gasteiger partial charge is 0.161 e. The molecule has 0 atom stereocenters. The Morgan fingerprint density at radius 3 is 2.57 bits per heavy atom. The van der Waals surface area contributed by atoms with Gasteiger partial charge in [-0.25, -0.2) is 0 Å². The Morgan fingerprint density at radius 2 is 1.90 bits per heavy atom. The Balaban J connectivity index is 2.49. The first-order chi connectivity index (χ1) is 10.2. The maximum absolute atomic E-state index is 5.76. The van der Waals surface area contributed by atoms with Gasteiger partial charge in [-0.05, 0) is 58.4 Å². The number of ether oxygens (including phenoxy) is 3. The minimum absolute atomic E-state index is 0.145. The molecular weight excluding hydrogens is 266 g/mol. The predicted octanol–water partition coefficient (Wildman–Crippen LogP) is 3.39. The number of hydrogen-bond acceptors (Lipinski definition) is 4. The van der Waals surface area contributed by atoms with Crippen molar-refractivity contribution >= 4 is 0 Å². The Hall–Kier alpha value is -1.26. The van der Waals surface area contributed by atoms with Gasteiger partial charge in [0.2, 0.25) is 0 Å². The molecule has 0 fully saturated rings. The van der Waals surface area contributed by atoms with E-state index in [1.54, 1.807) is 0 Å². The summed E-state index contributed by atoms with van der Waals surface area (Å²) in [6.45, 7) is 12.1. The molecule has 0 unspecified atom stereocenters. The van der Waals surface area contributed by atoms with E-state index in [4.69, 9.17) is 14.2 Å². The monoisotopic (exact) mass is 295 g/mol. The third-order valence-electron chi connectivity index (χ3n) is 2.85. The van der Waals surface area contributed by atoms with Gasteiger partial charge in [-0.3, -0.25) is 0 Å². The Morgan fingerprint density at radius 1 is 1.10 bits per heavy atom. The summed E-state index contributed by atoms with van der Waals surface area (Å²) >= 11 is 0. The topological polar surface area (TPSA) is 39.7 Å². The van der Waals surface area contributed by atoms with Crippen molar-refractivity contribution in [1.82, 2.24) is 5.32 Å². The lowest BCUT2D eigenvalue weighted by molar-refractivity contribution is 0.144. The van der Waals surface area contributed by atoms with Gasteiger partial charge >= 0.3 is 0 Å². The molecule has 0 heterocycles. The summed E-state index contributed by atoms with van der Waals surface area (Å²) in [5, 5.41) is 3.41. The van der Waals surface area contributed by atoms with E-state index in [0.717, 1.165) is 44.2 Å². The second-order valence-corrected chi connectivity index (χ2v) is 5.11. The molecule has 0 saturated carbocycles. The highest BCUT2D eigenvalue weighted by molar-refractivity contribution is 5.43. The summed E-state index contributed by atoms with van der Waals surface area (Å²) < 4.78 is 16.7. The minimum atomic E-state index is 0.145. The lowest BCUT2D eigenvalue weighted by Gasteiger charge is -2.15. The molecule has 0 aliphatic rings. The third kappa shape index (κ3) is 7.34. The maximum atomic E-state index is 5.76. The van der Waals surface area contributed by atoms with Crippen LogP contribution in [0.25, 0.3) is 0 Å². The summed E-state index contributed by atoms with van der Waals surface area (Å²) in [5.41, 5.74) is 1.20. The second-order valence-electron chi connectivity index (χ2n) is 5.11. The lowest BCUT2D eigenvalue weighted by Crippen LogP contribution is -2.16. The fraction of sp³-hybridized carbons (Fsp3) is 0.647. The van der Waals surface area contributed by atoms with Crippen molar-refractivity contribution in [2.75, 3.05) is 26.4 Å². The first-order valence-corrected chi connectivity index (χ1v) is 7.88. The summed E-state index contributed by atoms with van der Waals surface area (Å²) in [7, 11) is 0. The van der Waals surface area contributed by atoms with Crippen molar-refractivity contribution in [2.24, 2.45) is 0 Å². The van der Waals surface area contributed by atoms with Gasteiger partial charge in [-0.15, -0.1) is 0 Å². The lowest BCUT2D eigenvalue weighted by atomic mass is 10.2. The molecule has 0 bridgehead atoms. The van der Waals surface area contributed by atoms with Gasteiger partial charge in [0.05, 0.1) is 12.7 Å². The van der Waals surface area contributed by atoms with Crippen LogP contribution in [0.4, 0.5) is 0 Å². The van der Waals surface area contributed by atoms with Gasteiger partial charge in [0.25, 0.3) is 0 Å². The molecule has 4 heteroatoms. The Bertz CT molecular complexity index is 394. The van der Waals surface area contributed by atoms with Crippen LogP contribution in [0.1, 0.15) is 39.7 Å². The molecular formula is C17H29NO3. The van der Waals surface area contributed by atoms with E-state index in [2.05, 4.69) is 17.4 Å². The quantitative estimate of drug-likeness (QED) is 0.635. The average molecular weight is 295 g/mol. The molecule has 0 amide bonds. The molecule has 0 aliphatic heterocycles.